The summed E-state index contributed by atoms with van der Waals surface area (Å²) in [6.07, 6.45) is 7.99. The Morgan fingerprint density at radius 2 is 1.68 bits per heavy atom. The van der Waals surface area contributed by atoms with Crippen molar-refractivity contribution in [1.29, 1.82) is 0 Å². The molecule has 0 radical (unpaired) electrons. The van der Waals surface area contributed by atoms with E-state index in [9.17, 15) is 4.79 Å². The molecule has 3 rings (SSSR count). The molecule has 1 amide bonds. The fourth-order valence-electron chi connectivity index (χ4n) is 2.32. The van der Waals surface area contributed by atoms with Crippen LogP contribution in [0.3, 0.4) is 0 Å². The zero-order valence-electron chi connectivity index (χ0n) is 13.1. The highest BCUT2D eigenvalue weighted by Gasteiger charge is 2.18. The van der Waals surface area contributed by atoms with Crippen molar-refractivity contribution in [2.24, 2.45) is 0 Å². The summed E-state index contributed by atoms with van der Waals surface area (Å²) in [4.78, 5) is 29.6. The molecule has 3 aromatic rings. The van der Waals surface area contributed by atoms with Gasteiger partial charge in [0.25, 0.3) is 5.91 Å². The molecular weight excluding hydrogens is 450 g/mol. The zero-order valence-corrected chi connectivity index (χ0v) is 16.3. The van der Waals surface area contributed by atoms with Crippen LogP contribution in [0.15, 0.2) is 58.1 Å². The average Bonchev–Trinajstić information content (AvgIpc) is 2.61. The van der Waals surface area contributed by atoms with Crippen LogP contribution in [-0.2, 0) is 0 Å². The predicted molar refractivity (Wildman–Crippen MR) is 101 cm³/mol. The Labute approximate surface area is 161 Å². The van der Waals surface area contributed by atoms with E-state index in [1.54, 1.807) is 43.1 Å². The summed E-state index contributed by atoms with van der Waals surface area (Å²) in [6, 6.07) is 5.03. The van der Waals surface area contributed by atoms with E-state index in [1.165, 1.54) is 0 Å². The van der Waals surface area contributed by atoms with E-state index in [0.717, 1.165) is 8.95 Å². The molecule has 1 atom stereocenters. The lowest BCUT2D eigenvalue weighted by atomic mass is 10.1. The highest BCUT2D eigenvalue weighted by molar-refractivity contribution is 9.11. The van der Waals surface area contributed by atoms with Crippen LogP contribution in [0.25, 0.3) is 11.4 Å². The summed E-state index contributed by atoms with van der Waals surface area (Å²) < 4.78 is 1.64. The van der Waals surface area contributed by atoms with Crippen molar-refractivity contribution in [3.8, 4) is 11.4 Å². The Kier molecular flexibility index (Phi) is 5.50. The first-order chi connectivity index (χ1) is 12.0. The maximum absolute atomic E-state index is 12.6. The maximum Gasteiger partial charge on any atom is 0.251 e. The molecule has 6 nitrogen and oxygen atoms in total. The topological polar surface area (TPSA) is 80.7 Å². The molecule has 0 saturated carbocycles. The van der Waals surface area contributed by atoms with Gasteiger partial charge in [-0.25, -0.2) is 0 Å². The predicted octanol–water partition coefficient (Wildman–Crippen LogP) is 3.95. The van der Waals surface area contributed by atoms with Gasteiger partial charge >= 0.3 is 0 Å². The minimum absolute atomic E-state index is 0.203. The van der Waals surface area contributed by atoms with Crippen LogP contribution in [-0.4, -0.2) is 25.8 Å². The second kappa shape index (κ2) is 7.79. The Morgan fingerprint density at radius 3 is 2.36 bits per heavy atom. The van der Waals surface area contributed by atoms with E-state index in [2.05, 4.69) is 57.1 Å². The average molecular weight is 463 g/mol. The lowest BCUT2D eigenvalue weighted by Gasteiger charge is -2.16. The number of amides is 1. The third-order valence-electron chi connectivity index (χ3n) is 3.41. The van der Waals surface area contributed by atoms with Crippen LogP contribution in [0.4, 0.5) is 0 Å². The van der Waals surface area contributed by atoms with Gasteiger partial charge in [0, 0.05) is 39.3 Å². The zero-order chi connectivity index (χ0) is 17.8. The van der Waals surface area contributed by atoms with Crippen molar-refractivity contribution in [3.05, 3.63) is 69.4 Å². The molecule has 2 aromatic heterocycles. The number of aromatic nitrogens is 4. The third kappa shape index (κ3) is 4.26. The van der Waals surface area contributed by atoms with E-state index in [-0.39, 0.29) is 11.9 Å². The minimum atomic E-state index is -0.351. The first kappa shape index (κ1) is 17.6. The Bertz CT molecular complexity index is 884. The van der Waals surface area contributed by atoms with Gasteiger partial charge in [-0.15, -0.1) is 0 Å². The highest BCUT2D eigenvalue weighted by atomic mass is 79.9. The number of hydrogen-bond donors (Lipinski definition) is 1. The fraction of sp³-hybridized carbons (Fsp3) is 0.118. The molecule has 1 aromatic carbocycles. The van der Waals surface area contributed by atoms with Gasteiger partial charge in [0.2, 0.25) is 0 Å². The van der Waals surface area contributed by atoms with Gasteiger partial charge in [-0.3, -0.25) is 24.7 Å². The van der Waals surface area contributed by atoms with E-state index >= 15 is 0 Å². The van der Waals surface area contributed by atoms with E-state index in [1.807, 2.05) is 13.0 Å². The van der Waals surface area contributed by atoms with Gasteiger partial charge in [-0.2, -0.15) is 0 Å². The van der Waals surface area contributed by atoms with Crippen LogP contribution >= 0.6 is 31.9 Å². The van der Waals surface area contributed by atoms with Gasteiger partial charge in [0.05, 0.1) is 17.9 Å². The number of halogens is 2. The van der Waals surface area contributed by atoms with Crippen LogP contribution in [0, 0.1) is 0 Å². The van der Waals surface area contributed by atoms with Crippen LogP contribution in [0.1, 0.15) is 29.0 Å². The van der Waals surface area contributed by atoms with Crippen molar-refractivity contribution in [2.75, 3.05) is 0 Å². The number of hydrogen-bond acceptors (Lipinski definition) is 5. The van der Waals surface area contributed by atoms with E-state index < -0.39 is 0 Å². The van der Waals surface area contributed by atoms with Crippen molar-refractivity contribution < 1.29 is 4.79 Å². The first-order valence-corrected chi connectivity index (χ1v) is 8.97. The van der Waals surface area contributed by atoms with Gasteiger partial charge in [0.1, 0.15) is 11.4 Å². The molecule has 0 aliphatic rings. The summed E-state index contributed by atoms with van der Waals surface area (Å²) >= 11 is 6.77. The first-order valence-electron chi connectivity index (χ1n) is 7.39. The lowest BCUT2D eigenvalue weighted by molar-refractivity contribution is 0.0939. The molecule has 2 heterocycles. The van der Waals surface area contributed by atoms with Crippen LogP contribution in [0.2, 0.25) is 0 Å². The number of benzene rings is 1. The van der Waals surface area contributed by atoms with Crippen molar-refractivity contribution in [2.45, 2.75) is 13.0 Å². The summed E-state index contributed by atoms with van der Waals surface area (Å²) in [7, 11) is 0. The SMILES string of the molecule is C[C@H](NC(=O)c1cc(Br)cc(Br)c1)c1nccnc1-c1cnccn1. The molecular formula is C17H13Br2N5O. The second-order valence-electron chi connectivity index (χ2n) is 5.23. The molecule has 1 N–H and O–H groups in total. The normalized spacial score (nSPS) is 11.8. The molecule has 8 heteroatoms. The van der Waals surface area contributed by atoms with Crippen LogP contribution < -0.4 is 5.32 Å². The monoisotopic (exact) mass is 461 g/mol. The largest absolute Gasteiger partial charge is 0.344 e. The van der Waals surface area contributed by atoms with Gasteiger partial charge in [0.15, 0.2) is 0 Å². The lowest BCUT2D eigenvalue weighted by Crippen LogP contribution is -2.28. The molecule has 0 fully saturated rings. The summed E-state index contributed by atoms with van der Waals surface area (Å²) in [5, 5.41) is 2.95. The number of carbonyl (C=O) groups excluding carboxylic acids is 1. The quantitative estimate of drug-likeness (QED) is 0.634. The number of carbonyl (C=O) groups is 1. The Hall–Kier alpha value is -2.19. The molecule has 25 heavy (non-hydrogen) atoms. The minimum Gasteiger partial charge on any atom is -0.344 e. The standard InChI is InChI=1S/C17H13Br2N5O/c1-10(24-17(25)11-6-12(18)8-13(19)7-11)15-16(23-5-4-22-15)14-9-20-2-3-21-14/h2-10H,1H3,(H,24,25)/t10-/m0/s1. The van der Waals surface area contributed by atoms with Crippen molar-refractivity contribution >= 4 is 37.8 Å². The Morgan fingerprint density at radius 1 is 1.00 bits per heavy atom. The molecule has 0 aliphatic heterocycles. The van der Waals surface area contributed by atoms with Crippen LogP contribution in [0.5, 0.6) is 0 Å². The molecule has 0 saturated heterocycles. The van der Waals surface area contributed by atoms with E-state index in [0.29, 0.717) is 22.6 Å². The highest BCUT2D eigenvalue weighted by Crippen LogP contribution is 2.23. The Balaban J connectivity index is 1.87. The summed E-state index contributed by atoms with van der Waals surface area (Å²) in [5.74, 6) is -0.203. The van der Waals surface area contributed by atoms with Crippen molar-refractivity contribution in [1.82, 2.24) is 25.3 Å². The number of nitrogens with one attached hydrogen (secondary N) is 1. The molecule has 0 aliphatic carbocycles. The molecule has 0 spiro atoms. The fourth-order valence-corrected chi connectivity index (χ4v) is 3.61. The maximum atomic E-state index is 12.6. The summed E-state index contributed by atoms with van der Waals surface area (Å²) in [5.41, 5.74) is 2.37. The number of nitrogens with zero attached hydrogens (tertiary/aromatic N) is 4. The van der Waals surface area contributed by atoms with Gasteiger partial charge in [-0.05, 0) is 25.1 Å². The molecule has 126 valence electrons. The number of rotatable bonds is 4. The summed E-state index contributed by atoms with van der Waals surface area (Å²) in [6.45, 7) is 1.86. The molecule has 0 bridgehead atoms. The van der Waals surface area contributed by atoms with Crippen molar-refractivity contribution in [3.63, 3.8) is 0 Å². The third-order valence-corrected chi connectivity index (χ3v) is 4.33. The van der Waals surface area contributed by atoms with E-state index in [4.69, 9.17) is 0 Å². The van der Waals surface area contributed by atoms with Gasteiger partial charge in [-0.1, -0.05) is 31.9 Å². The van der Waals surface area contributed by atoms with Gasteiger partial charge < -0.3 is 5.32 Å². The molecule has 0 unspecified atom stereocenters. The second-order valence-corrected chi connectivity index (χ2v) is 7.07. The smallest absolute Gasteiger partial charge is 0.251 e.